The monoisotopic (exact) mass is 626 g/mol. The number of nitriles is 1. The maximum absolute atomic E-state index is 13.8. The van der Waals surface area contributed by atoms with Crippen LogP contribution in [0.25, 0.3) is 0 Å². The van der Waals surface area contributed by atoms with Crippen LogP contribution in [0.4, 0.5) is 0 Å². The maximum Gasteiger partial charge on any atom is 0.337 e. The van der Waals surface area contributed by atoms with Gasteiger partial charge < -0.3 is 19.5 Å². The third kappa shape index (κ3) is 5.83. The van der Waals surface area contributed by atoms with Crippen LogP contribution in [-0.4, -0.2) is 25.5 Å². The molecule has 0 radical (unpaired) electrons. The van der Waals surface area contributed by atoms with Crippen LogP contribution in [0.1, 0.15) is 65.6 Å². The van der Waals surface area contributed by atoms with Crippen LogP contribution in [0.2, 0.25) is 0 Å². The molecule has 2 aliphatic rings. The number of ketones is 1. The number of halogens is 1. The second-order valence-electron chi connectivity index (χ2n) is 10.3. The Bertz CT molecular complexity index is 1640. The number of Topliss-reactive ketones (excluding diaryl/α,β-unsaturated/α-hetero) is 1. The van der Waals surface area contributed by atoms with E-state index in [2.05, 4.69) is 39.4 Å². The zero-order valence-electron chi connectivity index (χ0n) is 23.7. The Morgan fingerprint density at radius 2 is 1.83 bits per heavy atom. The highest BCUT2D eigenvalue weighted by molar-refractivity contribution is 9.10. The summed E-state index contributed by atoms with van der Waals surface area (Å²) in [5.74, 6) is 0.135. The molecule has 2 atom stereocenters. The largest absolute Gasteiger partial charge is 0.490 e. The fraction of sp³-hybridized carbons (Fsp3) is 0.265. The van der Waals surface area contributed by atoms with E-state index in [9.17, 15) is 14.9 Å². The lowest BCUT2D eigenvalue weighted by Crippen LogP contribution is -2.33. The van der Waals surface area contributed by atoms with E-state index in [1.54, 1.807) is 18.2 Å². The molecule has 1 aliphatic heterocycles. The number of carbonyl (C=O) groups excluding carboxylic acids is 2. The van der Waals surface area contributed by atoms with Crippen molar-refractivity contribution >= 4 is 27.7 Å². The summed E-state index contributed by atoms with van der Waals surface area (Å²) in [4.78, 5) is 25.7. The number of hydrogen-bond acceptors (Lipinski definition) is 7. The minimum Gasteiger partial charge on any atom is -0.490 e. The lowest BCUT2D eigenvalue weighted by atomic mass is 9.72. The highest BCUT2D eigenvalue weighted by Gasteiger charge is 2.39. The molecule has 0 fully saturated rings. The van der Waals surface area contributed by atoms with Gasteiger partial charge in [0, 0.05) is 23.4 Å². The Labute approximate surface area is 253 Å². The molecule has 0 aromatic heterocycles. The van der Waals surface area contributed by atoms with Crippen molar-refractivity contribution in [3.05, 3.63) is 116 Å². The van der Waals surface area contributed by atoms with Gasteiger partial charge in [-0.05, 0) is 83.1 Å². The topological polar surface area (TPSA) is 97.6 Å². The van der Waals surface area contributed by atoms with Crippen LogP contribution >= 0.6 is 15.9 Å². The Hall–Kier alpha value is -4.35. The van der Waals surface area contributed by atoms with Gasteiger partial charge >= 0.3 is 5.97 Å². The third-order valence-corrected chi connectivity index (χ3v) is 8.20. The van der Waals surface area contributed by atoms with E-state index in [1.165, 1.54) is 7.11 Å². The molecule has 1 aliphatic carbocycles. The standard InChI is InChI=1S/C34H31BrN2O5/c1-4-41-30-17-25(14-27(35)33(30)42-19-21-9-8-12-23(13-21)34(39)40-3)31-26(18-36)20(2)37-28-15-24(16-29(38)32(28)31)22-10-6-5-7-11-22/h5-14,17,24,31,37H,4,15-16,19H2,1-3H3. The first kappa shape index (κ1) is 29.2. The number of rotatable bonds is 8. The van der Waals surface area contributed by atoms with Gasteiger partial charge in [-0.3, -0.25) is 4.79 Å². The van der Waals surface area contributed by atoms with Crippen LogP contribution in [0.15, 0.2) is 93.7 Å². The smallest absolute Gasteiger partial charge is 0.337 e. The van der Waals surface area contributed by atoms with Crippen LogP contribution in [0.5, 0.6) is 11.5 Å². The minimum absolute atomic E-state index is 0.0303. The molecular weight excluding hydrogens is 596 g/mol. The number of methoxy groups -OCH3 is 1. The minimum atomic E-state index is -0.531. The quantitative estimate of drug-likeness (QED) is 0.266. The summed E-state index contributed by atoms with van der Waals surface area (Å²) in [5.41, 5.74) is 5.85. The van der Waals surface area contributed by atoms with Crippen molar-refractivity contribution in [3.63, 3.8) is 0 Å². The van der Waals surface area contributed by atoms with Gasteiger partial charge in [0.05, 0.1) is 41.3 Å². The molecule has 0 spiro atoms. The van der Waals surface area contributed by atoms with E-state index in [0.29, 0.717) is 52.1 Å². The van der Waals surface area contributed by atoms with Crippen LogP contribution in [-0.2, 0) is 16.1 Å². The van der Waals surface area contributed by atoms with Gasteiger partial charge in [-0.25, -0.2) is 4.79 Å². The molecule has 214 valence electrons. The molecule has 3 aromatic carbocycles. The molecule has 0 bridgehead atoms. The summed E-state index contributed by atoms with van der Waals surface area (Å²) < 4.78 is 17.7. The summed E-state index contributed by atoms with van der Waals surface area (Å²) in [5, 5.41) is 13.6. The van der Waals surface area contributed by atoms with Crippen molar-refractivity contribution in [1.82, 2.24) is 5.32 Å². The predicted molar refractivity (Wildman–Crippen MR) is 162 cm³/mol. The summed E-state index contributed by atoms with van der Waals surface area (Å²) in [6, 6.07) is 23.2. The Kier molecular flexibility index (Phi) is 8.79. The van der Waals surface area contributed by atoms with Crippen LogP contribution in [0.3, 0.4) is 0 Å². The first-order chi connectivity index (χ1) is 20.3. The number of hydrogen-bond donors (Lipinski definition) is 1. The highest BCUT2D eigenvalue weighted by Crippen LogP contribution is 2.48. The average Bonchev–Trinajstić information content (AvgIpc) is 3.00. The number of esters is 1. The number of ether oxygens (including phenoxy) is 3. The van der Waals surface area contributed by atoms with E-state index in [4.69, 9.17) is 14.2 Å². The second kappa shape index (κ2) is 12.7. The molecule has 0 amide bonds. The normalized spacial score (nSPS) is 18.1. The molecule has 0 saturated heterocycles. The van der Waals surface area contributed by atoms with Gasteiger partial charge in [-0.1, -0.05) is 42.5 Å². The van der Waals surface area contributed by atoms with Crippen LogP contribution < -0.4 is 14.8 Å². The molecule has 0 saturated carbocycles. The van der Waals surface area contributed by atoms with Crippen molar-refractivity contribution in [1.29, 1.82) is 5.26 Å². The van der Waals surface area contributed by atoms with Gasteiger partial charge in [0.1, 0.15) is 6.61 Å². The summed E-state index contributed by atoms with van der Waals surface area (Å²) in [7, 11) is 1.34. The van der Waals surface area contributed by atoms with E-state index < -0.39 is 11.9 Å². The summed E-state index contributed by atoms with van der Waals surface area (Å²) >= 11 is 3.66. The van der Waals surface area contributed by atoms with Crippen molar-refractivity contribution in [2.45, 2.75) is 45.1 Å². The fourth-order valence-electron chi connectivity index (χ4n) is 5.70. The zero-order valence-corrected chi connectivity index (χ0v) is 25.3. The molecule has 1 heterocycles. The average molecular weight is 628 g/mol. The molecule has 42 heavy (non-hydrogen) atoms. The summed E-state index contributed by atoms with van der Waals surface area (Å²) in [6.45, 7) is 4.34. The predicted octanol–water partition coefficient (Wildman–Crippen LogP) is 7.10. The number of benzene rings is 3. The van der Waals surface area contributed by atoms with Gasteiger partial charge in [0.15, 0.2) is 17.3 Å². The lowest BCUT2D eigenvalue weighted by Gasteiger charge is -2.36. The highest BCUT2D eigenvalue weighted by atomic mass is 79.9. The molecule has 8 heteroatoms. The van der Waals surface area contributed by atoms with Crippen LogP contribution in [0, 0.1) is 11.3 Å². The maximum atomic E-state index is 13.8. The summed E-state index contributed by atoms with van der Waals surface area (Å²) in [6.07, 6.45) is 1.06. The van der Waals surface area contributed by atoms with Gasteiger partial charge in [-0.15, -0.1) is 0 Å². The molecule has 3 aromatic rings. The number of nitrogens with zero attached hydrogens (tertiary/aromatic N) is 1. The van der Waals surface area contributed by atoms with Crippen molar-refractivity contribution in [3.8, 4) is 17.6 Å². The van der Waals surface area contributed by atoms with Crippen molar-refractivity contribution in [2.75, 3.05) is 13.7 Å². The lowest BCUT2D eigenvalue weighted by molar-refractivity contribution is -0.116. The van der Waals surface area contributed by atoms with Crippen molar-refractivity contribution < 1.29 is 23.8 Å². The number of carbonyl (C=O) groups is 2. The first-order valence-electron chi connectivity index (χ1n) is 13.8. The van der Waals surface area contributed by atoms with E-state index >= 15 is 0 Å². The van der Waals surface area contributed by atoms with Gasteiger partial charge in [0.25, 0.3) is 0 Å². The molecule has 1 N–H and O–H groups in total. The SMILES string of the molecule is CCOc1cc(C2C(C#N)=C(C)NC3=C2C(=O)CC(c2ccccc2)C3)cc(Br)c1OCc1cccc(C(=O)OC)c1. The second-order valence-corrected chi connectivity index (χ2v) is 11.1. The Morgan fingerprint density at radius 3 is 2.55 bits per heavy atom. The van der Waals surface area contributed by atoms with E-state index in [0.717, 1.165) is 28.1 Å². The van der Waals surface area contributed by atoms with Crippen molar-refractivity contribution in [2.24, 2.45) is 0 Å². The zero-order chi connectivity index (χ0) is 29.8. The molecular formula is C34H31BrN2O5. The number of dihydropyridines is 1. The number of allylic oxidation sites excluding steroid dienone is 4. The van der Waals surface area contributed by atoms with Gasteiger partial charge in [0.2, 0.25) is 0 Å². The van der Waals surface area contributed by atoms with E-state index in [-0.39, 0.29) is 18.3 Å². The van der Waals surface area contributed by atoms with Gasteiger partial charge in [-0.2, -0.15) is 5.26 Å². The number of nitrogens with one attached hydrogen (secondary N) is 1. The molecule has 5 rings (SSSR count). The Morgan fingerprint density at radius 1 is 1.05 bits per heavy atom. The molecule has 2 unspecified atom stereocenters. The molecule has 7 nitrogen and oxygen atoms in total. The Balaban J connectivity index is 1.50. The van der Waals surface area contributed by atoms with E-state index in [1.807, 2.05) is 50.2 Å². The fourth-order valence-corrected chi connectivity index (χ4v) is 6.27. The third-order valence-electron chi connectivity index (χ3n) is 7.62. The first-order valence-corrected chi connectivity index (χ1v) is 14.6.